The topological polar surface area (TPSA) is 103 Å². The number of pyridine rings is 1. The van der Waals surface area contributed by atoms with E-state index in [0.717, 1.165) is 47.5 Å². The van der Waals surface area contributed by atoms with E-state index in [-0.39, 0.29) is 11.8 Å². The molecule has 9 nitrogen and oxygen atoms in total. The van der Waals surface area contributed by atoms with Crippen LogP contribution in [-0.2, 0) is 23.0 Å². The smallest absolute Gasteiger partial charge is 0.253 e. The Balaban J connectivity index is 1.24. The Morgan fingerprint density at radius 2 is 2.03 bits per heavy atom. The van der Waals surface area contributed by atoms with E-state index < -0.39 is 6.10 Å². The highest BCUT2D eigenvalue weighted by atomic mass is 16.5. The molecular weight excluding hydrogens is 456 g/mol. The third kappa shape index (κ3) is 4.24. The molecule has 36 heavy (non-hydrogen) atoms. The van der Waals surface area contributed by atoms with Gasteiger partial charge in [0, 0.05) is 50.5 Å². The van der Waals surface area contributed by atoms with Crippen LogP contribution < -0.4 is 10.6 Å². The molecular formula is C27H30N6O3. The van der Waals surface area contributed by atoms with Gasteiger partial charge in [-0.05, 0) is 49.9 Å². The van der Waals surface area contributed by atoms with Crippen LogP contribution in [0, 0.1) is 0 Å². The van der Waals surface area contributed by atoms with Crippen molar-refractivity contribution in [2.45, 2.75) is 50.5 Å². The van der Waals surface area contributed by atoms with E-state index >= 15 is 0 Å². The first-order valence-electron chi connectivity index (χ1n) is 12.7. The number of aryl methyl sites for hydroxylation is 1. The third-order valence-corrected chi connectivity index (χ3v) is 7.30. The summed E-state index contributed by atoms with van der Waals surface area (Å²) in [6.07, 6.45) is 9.11. The molecule has 0 radical (unpaired) electrons. The zero-order chi connectivity index (χ0) is 24.6. The number of carbonyl (C=O) groups is 2. The summed E-state index contributed by atoms with van der Waals surface area (Å²) < 4.78 is 9.60. The van der Waals surface area contributed by atoms with Gasteiger partial charge in [0.1, 0.15) is 17.6 Å². The molecule has 1 aliphatic carbocycles. The first kappa shape index (κ1) is 22.7. The minimum Gasteiger partial charge on any atom is -0.368 e. The second kappa shape index (κ2) is 9.39. The number of nitrogens with one attached hydrogen (secondary N) is 2. The van der Waals surface area contributed by atoms with Gasteiger partial charge in [-0.2, -0.15) is 0 Å². The molecule has 1 aromatic carbocycles. The minimum absolute atomic E-state index is 0.176. The number of anilines is 1. The van der Waals surface area contributed by atoms with Crippen molar-refractivity contribution in [1.29, 1.82) is 0 Å². The standard InChI is InChI=1S/C27H30N6O3/c1-32-24-20(30-25(32)17-6-4-7-17)14-18(15-21(24)31-27(35)22-8-5-13-36-22)26(34)28-11-10-19-16-33-12-3-2-9-23(33)29-19/h2-3,9,12,14-17,22H,4-8,10-11,13H2,1H3,(H,28,34)(H,31,35)/t22-/m0/s1. The lowest BCUT2D eigenvalue weighted by Gasteiger charge is -2.24. The number of amides is 2. The van der Waals surface area contributed by atoms with Crippen LogP contribution in [0.5, 0.6) is 0 Å². The Kier molecular flexibility index (Phi) is 5.92. The van der Waals surface area contributed by atoms with E-state index in [0.29, 0.717) is 43.2 Å². The lowest BCUT2D eigenvalue weighted by atomic mass is 9.85. The summed E-state index contributed by atoms with van der Waals surface area (Å²) in [6.45, 7) is 1.05. The fraction of sp³-hybridized carbons (Fsp3) is 0.407. The number of fused-ring (bicyclic) bond motifs is 2. The number of aromatic nitrogens is 4. The minimum atomic E-state index is -0.456. The molecule has 2 aliphatic rings. The maximum Gasteiger partial charge on any atom is 0.253 e. The number of benzene rings is 1. The van der Waals surface area contributed by atoms with E-state index in [9.17, 15) is 9.59 Å². The van der Waals surface area contributed by atoms with Crippen molar-refractivity contribution in [3.8, 4) is 0 Å². The van der Waals surface area contributed by atoms with Crippen LogP contribution in [0.1, 0.15) is 59.9 Å². The van der Waals surface area contributed by atoms with E-state index in [1.165, 1.54) is 6.42 Å². The van der Waals surface area contributed by atoms with Gasteiger partial charge in [-0.15, -0.1) is 0 Å². The van der Waals surface area contributed by atoms with Gasteiger partial charge in [-0.25, -0.2) is 9.97 Å². The molecule has 1 aliphatic heterocycles. The second-order valence-corrected chi connectivity index (χ2v) is 9.74. The van der Waals surface area contributed by atoms with Gasteiger partial charge in [0.05, 0.1) is 22.4 Å². The van der Waals surface area contributed by atoms with Crippen LogP contribution in [0.3, 0.4) is 0 Å². The van der Waals surface area contributed by atoms with Gasteiger partial charge in [0.15, 0.2) is 0 Å². The Morgan fingerprint density at radius 1 is 1.14 bits per heavy atom. The van der Waals surface area contributed by atoms with Crippen LogP contribution in [-0.4, -0.2) is 50.0 Å². The van der Waals surface area contributed by atoms with Crippen molar-refractivity contribution in [1.82, 2.24) is 24.3 Å². The number of rotatable bonds is 7. The molecule has 1 atom stereocenters. The molecule has 9 heteroatoms. The van der Waals surface area contributed by atoms with Gasteiger partial charge in [0.25, 0.3) is 11.8 Å². The Labute approximate surface area is 208 Å². The lowest BCUT2D eigenvalue weighted by molar-refractivity contribution is -0.124. The zero-order valence-corrected chi connectivity index (χ0v) is 20.4. The van der Waals surface area contributed by atoms with Gasteiger partial charge in [0.2, 0.25) is 0 Å². The van der Waals surface area contributed by atoms with Crippen molar-refractivity contribution < 1.29 is 14.3 Å². The van der Waals surface area contributed by atoms with Crippen LogP contribution in [0.2, 0.25) is 0 Å². The Hall–Kier alpha value is -3.72. The van der Waals surface area contributed by atoms with Crippen molar-refractivity contribution in [3.05, 3.63) is 59.8 Å². The third-order valence-electron chi connectivity index (χ3n) is 7.30. The largest absolute Gasteiger partial charge is 0.368 e. The Bertz CT molecular complexity index is 1410. The fourth-order valence-corrected chi connectivity index (χ4v) is 5.14. The van der Waals surface area contributed by atoms with Gasteiger partial charge in [-0.3, -0.25) is 9.59 Å². The second-order valence-electron chi connectivity index (χ2n) is 9.74. The molecule has 0 unspecified atom stereocenters. The maximum absolute atomic E-state index is 13.1. The number of nitrogens with zero attached hydrogens (tertiary/aromatic N) is 4. The van der Waals surface area contributed by atoms with Crippen molar-refractivity contribution in [2.24, 2.45) is 7.05 Å². The summed E-state index contributed by atoms with van der Waals surface area (Å²) in [4.78, 5) is 35.5. The Morgan fingerprint density at radius 3 is 2.78 bits per heavy atom. The predicted molar refractivity (Wildman–Crippen MR) is 136 cm³/mol. The van der Waals surface area contributed by atoms with E-state index in [1.54, 1.807) is 6.07 Å². The van der Waals surface area contributed by atoms with Crippen LogP contribution >= 0.6 is 0 Å². The molecule has 3 aromatic heterocycles. The van der Waals surface area contributed by atoms with Crippen LogP contribution in [0.15, 0.2) is 42.7 Å². The monoisotopic (exact) mass is 486 g/mol. The van der Waals surface area contributed by atoms with E-state index in [4.69, 9.17) is 9.72 Å². The van der Waals surface area contributed by atoms with E-state index in [2.05, 4.69) is 20.2 Å². The molecule has 2 N–H and O–H groups in total. The molecule has 2 amide bonds. The molecule has 0 bridgehead atoms. The molecule has 4 heterocycles. The SMILES string of the molecule is Cn1c(C2CCC2)nc2cc(C(=O)NCCc3cn4ccccc4n3)cc(NC(=O)[C@@H]3CCCO3)c21. The summed E-state index contributed by atoms with van der Waals surface area (Å²) >= 11 is 0. The average molecular weight is 487 g/mol. The number of hydrogen-bond acceptors (Lipinski definition) is 5. The van der Waals surface area contributed by atoms with Gasteiger partial charge >= 0.3 is 0 Å². The first-order chi connectivity index (χ1) is 17.6. The number of carbonyl (C=O) groups excluding carboxylic acids is 2. The molecule has 1 saturated heterocycles. The number of imidazole rings is 2. The summed E-state index contributed by atoms with van der Waals surface area (Å²) in [5, 5.41) is 6.03. The molecule has 4 aromatic rings. The van der Waals surface area contributed by atoms with Crippen LogP contribution in [0.25, 0.3) is 16.7 Å². The highest BCUT2D eigenvalue weighted by Crippen LogP contribution is 2.38. The molecule has 6 rings (SSSR count). The molecule has 0 spiro atoms. The molecule has 2 fully saturated rings. The quantitative estimate of drug-likeness (QED) is 0.416. The lowest BCUT2D eigenvalue weighted by Crippen LogP contribution is -2.28. The summed E-state index contributed by atoms with van der Waals surface area (Å²) in [6, 6.07) is 9.43. The van der Waals surface area contributed by atoms with Crippen molar-refractivity contribution in [3.63, 3.8) is 0 Å². The van der Waals surface area contributed by atoms with Crippen molar-refractivity contribution >= 4 is 34.2 Å². The highest BCUT2D eigenvalue weighted by molar-refractivity contribution is 6.06. The molecule has 186 valence electrons. The zero-order valence-electron chi connectivity index (χ0n) is 20.4. The number of ether oxygens (including phenoxy) is 1. The van der Waals surface area contributed by atoms with Crippen LogP contribution in [0.4, 0.5) is 5.69 Å². The van der Waals surface area contributed by atoms with Gasteiger partial charge < -0.3 is 24.3 Å². The maximum atomic E-state index is 13.1. The summed E-state index contributed by atoms with van der Waals surface area (Å²) in [5.41, 5.74) is 4.42. The van der Waals surface area contributed by atoms with E-state index in [1.807, 2.05) is 48.1 Å². The van der Waals surface area contributed by atoms with Gasteiger partial charge in [-0.1, -0.05) is 12.5 Å². The number of hydrogen-bond donors (Lipinski definition) is 2. The fourth-order valence-electron chi connectivity index (χ4n) is 5.14. The summed E-state index contributed by atoms with van der Waals surface area (Å²) in [7, 11) is 1.99. The van der Waals surface area contributed by atoms with Crippen molar-refractivity contribution in [2.75, 3.05) is 18.5 Å². The predicted octanol–water partition coefficient (Wildman–Crippen LogP) is 3.58. The highest BCUT2D eigenvalue weighted by Gasteiger charge is 2.28. The average Bonchev–Trinajstić information content (AvgIpc) is 3.57. The summed E-state index contributed by atoms with van der Waals surface area (Å²) in [5.74, 6) is 1.05. The first-order valence-corrected chi connectivity index (χ1v) is 12.7. The normalized spacial score (nSPS) is 18.0. The molecule has 1 saturated carbocycles.